The number of halogens is 1. The molecular formula is C16H12ClN7OS. The molecule has 3 aromatic heterocycles. The number of hydrogen-bond donors (Lipinski definition) is 2. The molecule has 0 radical (unpaired) electrons. The number of hydrogen-bond acceptors (Lipinski definition) is 9. The molecule has 4 rings (SSSR count). The molecule has 26 heavy (non-hydrogen) atoms. The van der Waals surface area contributed by atoms with Gasteiger partial charge in [-0.2, -0.15) is 19.9 Å². The summed E-state index contributed by atoms with van der Waals surface area (Å²) in [6, 6.07) is 11.3. The molecule has 4 aromatic rings. The first kappa shape index (κ1) is 16.4. The maximum absolute atomic E-state index is 5.99. The number of nitrogens with zero attached hydrogens (tertiary/aromatic N) is 5. The van der Waals surface area contributed by atoms with Crippen molar-refractivity contribution in [2.24, 2.45) is 0 Å². The molecule has 1 aromatic carbocycles. The Labute approximate surface area is 157 Å². The molecule has 0 amide bonds. The fourth-order valence-electron chi connectivity index (χ4n) is 2.21. The van der Waals surface area contributed by atoms with Crippen LogP contribution in [-0.4, -0.2) is 25.1 Å². The third kappa shape index (κ3) is 3.63. The highest BCUT2D eigenvalue weighted by Crippen LogP contribution is 2.25. The van der Waals surface area contributed by atoms with Gasteiger partial charge < -0.3 is 15.6 Å². The molecule has 10 heteroatoms. The summed E-state index contributed by atoms with van der Waals surface area (Å²) in [6.07, 6.45) is 0. The molecule has 0 saturated heterocycles. The van der Waals surface area contributed by atoms with Crippen LogP contribution in [0.5, 0.6) is 0 Å². The summed E-state index contributed by atoms with van der Waals surface area (Å²) in [5.74, 6) is 1.26. The van der Waals surface area contributed by atoms with Crippen molar-refractivity contribution < 1.29 is 4.52 Å². The van der Waals surface area contributed by atoms with Crippen LogP contribution in [0, 0.1) is 0 Å². The van der Waals surface area contributed by atoms with Crippen LogP contribution in [0.4, 0.5) is 11.9 Å². The third-order valence-electron chi connectivity index (χ3n) is 3.35. The quantitative estimate of drug-likeness (QED) is 0.536. The second-order valence-electron chi connectivity index (χ2n) is 5.22. The second-order valence-corrected chi connectivity index (χ2v) is 6.61. The lowest BCUT2D eigenvalue weighted by Crippen LogP contribution is -2.08. The summed E-state index contributed by atoms with van der Waals surface area (Å²) in [5, 5.41) is 9.60. The normalized spacial score (nSPS) is 10.8. The van der Waals surface area contributed by atoms with Crippen LogP contribution < -0.4 is 11.1 Å². The van der Waals surface area contributed by atoms with E-state index in [-0.39, 0.29) is 17.6 Å². The Balaban J connectivity index is 1.56. The molecule has 0 aliphatic rings. The Morgan fingerprint density at radius 3 is 2.81 bits per heavy atom. The van der Waals surface area contributed by atoms with Gasteiger partial charge in [0.1, 0.15) is 0 Å². The number of nitrogens with one attached hydrogen (secondary N) is 1. The van der Waals surface area contributed by atoms with Gasteiger partial charge in [-0.1, -0.05) is 35.0 Å². The van der Waals surface area contributed by atoms with Gasteiger partial charge in [0.2, 0.25) is 23.5 Å². The van der Waals surface area contributed by atoms with Crippen molar-refractivity contribution >= 4 is 34.8 Å². The number of nitrogens with two attached hydrogens (primary N) is 1. The molecule has 0 fully saturated rings. The SMILES string of the molecule is Nc1nc(NCc2cccc(Cl)c2)nc(-c2noc(-c3cccs3)n2)n1. The summed E-state index contributed by atoms with van der Waals surface area (Å²) >= 11 is 7.49. The average molecular weight is 386 g/mol. The fourth-order valence-corrected chi connectivity index (χ4v) is 3.07. The zero-order chi connectivity index (χ0) is 17.9. The Morgan fingerprint density at radius 1 is 1.08 bits per heavy atom. The van der Waals surface area contributed by atoms with Crippen molar-refractivity contribution in [3.05, 3.63) is 52.4 Å². The van der Waals surface area contributed by atoms with Crippen molar-refractivity contribution in [1.82, 2.24) is 25.1 Å². The van der Waals surface area contributed by atoms with E-state index < -0.39 is 0 Å². The topological polar surface area (TPSA) is 116 Å². The van der Waals surface area contributed by atoms with Crippen LogP contribution in [0.2, 0.25) is 5.02 Å². The standard InChI is InChI=1S/C16H12ClN7OS/c17-10-4-1-3-9(7-10)8-19-16-22-12(21-15(18)23-16)13-20-14(25-24-13)11-5-2-6-26-11/h1-7H,8H2,(H3,18,19,21,22,23). The lowest BCUT2D eigenvalue weighted by atomic mass is 10.2. The van der Waals surface area contributed by atoms with E-state index in [9.17, 15) is 0 Å². The van der Waals surface area contributed by atoms with Crippen LogP contribution in [0.15, 0.2) is 46.3 Å². The minimum absolute atomic E-state index is 0.0612. The molecule has 3 N–H and O–H groups in total. The summed E-state index contributed by atoms with van der Waals surface area (Å²) in [5.41, 5.74) is 6.77. The first-order chi connectivity index (χ1) is 12.7. The predicted octanol–water partition coefficient (Wildman–Crippen LogP) is 3.50. The fraction of sp³-hybridized carbons (Fsp3) is 0.0625. The van der Waals surface area contributed by atoms with Gasteiger partial charge in [-0.15, -0.1) is 11.3 Å². The van der Waals surface area contributed by atoms with E-state index in [1.807, 2.05) is 41.8 Å². The van der Waals surface area contributed by atoms with Gasteiger partial charge in [-0.3, -0.25) is 0 Å². The number of thiophene rings is 1. The van der Waals surface area contributed by atoms with E-state index in [0.717, 1.165) is 10.4 Å². The summed E-state index contributed by atoms with van der Waals surface area (Å²) in [4.78, 5) is 17.6. The Kier molecular flexibility index (Phi) is 4.46. The van der Waals surface area contributed by atoms with Crippen LogP contribution in [-0.2, 0) is 6.54 Å². The Morgan fingerprint density at radius 2 is 2.00 bits per heavy atom. The smallest absolute Gasteiger partial charge is 0.268 e. The van der Waals surface area contributed by atoms with E-state index in [1.165, 1.54) is 11.3 Å². The Bertz CT molecular complexity index is 1030. The molecule has 0 unspecified atom stereocenters. The third-order valence-corrected chi connectivity index (χ3v) is 4.44. The maximum Gasteiger partial charge on any atom is 0.268 e. The molecule has 0 aliphatic carbocycles. The summed E-state index contributed by atoms with van der Waals surface area (Å²) in [6.45, 7) is 0.482. The van der Waals surface area contributed by atoms with E-state index in [2.05, 4.69) is 30.4 Å². The van der Waals surface area contributed by atoms with E-state index >= 15 is 0 Å². The highest BCUT2D eigenvalue weighted by Gasteiger charge is 2.15. The molecule has 130 valence electrons. The van der Waals surface area contributed by atoms with E-state index in [1.54, 1.807) is 0 Å². The van der Waals surface area contributed by atoms with Crippen molar-refractivity contribution in [3.63, 3.8) is 0 Å². The second kappa shape index (κ2) is 7.06. The van der Waals surface area contributed by atoms with E-state index in [0.29, 0.717) is 23.4 Å². The van der Waals surface area contributed by atoms with Crippen LogP contribution in [0.25, 0.3) is 22.4 Å². The number of benzene rings is 1. The maximum atomic E-state index is 5.99. The minimum Gasteiger partial charge on any atom is -0.368 e. The molecule has 0 aliphatic heterocycles. The number of anilines is 2. The van der Waals surface area contributed by atoms with Crippen molar-refractivity contribution in [1.29, 1.82) is 0 Å². The summed E-state index contributed by atoms with van der Waals surface area (Å²) < 4.78 is 5.26. The first-order valence-corrected chi connectivity index (χ1v) is 8.81. The number of aromatic nitrogens is 5. The molecule has 0 atom stereocenters. The van der Waals surface area contributed by atoms with Crippen molar-refractivity contribution in [3.8, 4) is 22.4 Å². The average Bonchev–Trinajstić information content (AvgIpc) is 3.31. The van der Waals surface area contributed by atoms with Crippen LogP contribution >= 0.6 is 22.9 Å². The molecular weight excluding hydrogens is 374 g/mol. The monoisotopic (exact) mass is 385 g/mol. The van der Waals surface area contributed by atoms with Crippen LogP contribution in [0.1, 0.15) is 5.56 Å². The van der Waals surface area contributed by atoms with Crippen LogP contribution in [0.3, 0.4) is 0 Å². The highest BCUT2D eigenvalue weighted by molar-refractivity contribution is 7.13. The van der Waals surface area contributed by atoms with Gasteiger partial charge >= 0.3 is 0 Å². The largest absolute Gasteiger partial charge is 0.368 e. The zero-order valence-corrected chi connectivity index (χ0v) is 14.8. The van der Waals surface area contributed by atoms with Gasteiger partial charge in [0, 0.05) is 11.6 Å². The van der Waals surface area contributed by atoms with Gasteiger partial charge in [-0.05, 0) is 29.1 Å². The minimum atomic E-state index is 0.0612. The first-order valence-electron chi connectivity index (χ1n) is 7.55. The molecule has 0 saturated carbocycles. The lowest BCUT2D eigenvalue weighted by molar-refractivity contribution is 0.433. The van der Waals surface area contributed by atoms with Gasteiger partial charge in [-0.25, -0.2) is 0 Å². The molecule has 8 nitrogen and oxygen atoms in total. The van der Waals surface area contributed by atoms with Gasteiger partial charge in [0.05, 0.1) is 4.88 Å². The van der Waals surface area contributed by atoms with Gasteiger partial charge in [0.25, 0.3) is 5.89 Å². The molecule has 3 heterocycles. The van der Waals surface area contributed by atoms with Crippen molar-refractivity contribution in [2.75, 3.05) is 11.1 Å². The summed E-state index contributed by atoms with van der Waals surface area (Å²) in [7, 11) is 0. The van der Waals surface area contributed by atoms with Gasteiger partial charge in [0.15, 0.2) is 0 Å². The Hall–Kier alpha value is -3.04. The highest BCUT2D eigenvalue weighted by atomic mass is 35.5. The lowest BCUT2D eigenvalue weighted by Gasteiger charge is -2.06. The number of nitrogen functional groups attached to an aromatic ring is 1. The van der Waals surface area contributed by atoms with Crippen molar-refractivity contribution in [2.45, 2.75) is 6.54 Å². The number of rotatable bonds is 5. The zero-order valence-electron chi connectivity index (χ0n) is 13.3. The molecule has 0 spiro atoms. The predicted molar refractivity (Wildman–Crippen MR) is 99.6 cm³/mol. The van der Waals surface area contributed by atoms with E-state index in [4.69, 9.17) is 21.9 Å². The molecule has 0 bridgehead atoms.